The molecule has 0 aliphatic carbocycles. The number of aliphatic imine (C=N–C) groups is 1. The van der Waals surface area contributed by atoms with Crippen LogP contribution in [0, 0.1) is 0 Å². The number of ether oxygens (including phenoxy) is 1. The molecular formula is C21H26N6O2. The van der Waals surface area contributed by atoms with Crippen molar-refractivity contribution in [3.8, 4) is 5.75 Å². The molecule has 0 radical (unpaired) electrons. The predicted octanol–water partition coefficient (Wildman–Crippen LogP) is 2.91. The number of rotatable bonds is 8. The number of hydrogen-bond donors (Lipinski definition) is 4. The smallest absolute Gasteiger partial charge is 0.181 e. The Balaban J connectivity index is 2.40. The van der Waals surface area contributed by atoms with Crippen molar-refractivity contribution in [1.29, 1.82) is 0 Å². The number of nitrogens with zero attached hydrogens (tertiary/aromatic N) is 3. The molecule has 0 aliphatic heterocycles. The number of fused-ring (bicyclic) bond motifs is 1. The average Bonchev–Trinajstić information content (AvgIpc) is 2.73. The van der Waals surface area contributed by atoms with Gasteiger partial charge < -0.3 is 26.6 Å². The van der Waals surface area contributed by atoms with E-state index in [0.717, 1.165) is 16.7 Å². The van der Waals surface area contributed by atoms with Gasteiger partial charge in [0, 0.05) is 36.0 Å². The van der Waals surface area contributed by atoms with Crippen molar-refractivity contribution in [2.75, 3.05) is 26.0 Å². The fourth-order valence-electron chi connectivity index (χ4n) is 2.44. The van der Waals surface area contributed by atoms with Crippen LogP contribution < -0.4 is 21.5 Å². The zero-order valence-electron chi connectivity index (χ0n) is 16.8. The van der Waals surface area contributed by atoms with Crippen LogP contribution >= 0.6 is 0 Å². The second-order valence-corrected chi connectivity index (χ2v) is 6.22. The third kappa shape index (κ3) is 5.83. The van der Waals surface area contributed by atoms with E-state index < -0.39 is 0 Å². The van der Waals surface area contributed by atoms with Gasteiger partial charge in [0.25, 0.3) is 0 Å². The number of nitrogens with one attached hydrogen (secondary N) is 1. The summed E-state index contributed by atoms with van der Waals surface area (Å²) in [5, 5.41) is 13.1. The van der Waals surface area contributed by atoms with E-state index in [-0.39, 0.29) is 5.88 Å². The lowest BCUT2D eigenvalue weighted by molar-refractivity contribution is 0.406. The van der Waals surface area contributed by atoms with Gasteiger partial charge in [-0.05, 0) is 42.9 Å². The summed E-state index contributed by atoms with van der Waals surface area (Å²) in [7, 11) is 3.30. The fourth-order valence-corrected chi connectivity index (χ4v) is 2.44. The van der Waals surface area contributed by atoms with E-state index in [1.807, 2.05) is 25.1 Å². The van der Waals surface area contributed by atoms with Gasteiger partial charge in [-0.3, -0.25) is 4.99 Å². The molecule has 8 heteroatoms. The number of allylic oxidation sites excluding steroid dienone is 3. The molecular weight excluding hydrogens is 368 g/mol. The summed E-state index contributed by atoms with van der Waals surface area (Å²) in [5.41, 5.74) is 14.9. The Hall–Kier alpha value is -3.81. The summed E-state index contributed by atoms with van der Waals surface area (Å²) in [5.74, 6) is 0.839. The standard InChI is InChI=1S/C21H26N6O2/c1-13(5-6-14(2)24-3)11-25-21-16-9-15(17(22)7-8-19(23)28)10-18(29-4)20(16)26-12-27-21/h5-10,12,28H,1,11,22-23H2,2-4H3,(H,25,26,27)/b6-5-,17-7-,19-8+,24-14?. The normalized spacial score (nSPS) is 13.1. The minimum absolute atomic E-state index is 0.332. The van der Waals surface area contributed by atoms with E-state index in [1.54, 1.807) is 20.2 Å². The Morgan fingerprint density at radius 1 is 1.28 bits per heavy atom. The van der Waals surface area contributed by atoms with Crippen LogP contribution in [0.2, 0.25) is 0 Å². The van der Waals surface area contributed by atoms with E-state index in [4.69, 9.17) is 21.3 Å². The molecule has 0 bridgehead atoms. The summed E-state index contributed by atoms with van der Waals surface area (Å²) in [4.78, 5) is 12.7. The Morgan fingerprint density at radius 3 is 2.69 bits per heavy atom. The molecule has 2 aromatic rings. The highest BCUT2D eigenvalue weighted by molar-refractivity contribution is 5.95. The van der Waals surface area contributed by atoms with Gasteiger partial charge >= 0.3 is 0 Å². The van der Waals surface area contributed by atoms with E-state index >= 15 is 0 Å². The van der Waals surface area contributed by atoms with Crippen molar-refractivity contribution in [3.05, 3.63) is 66.4 Å². The van der Waals surface area contributed by atoms with Crippen molar-refractivity contribution in [1.82, 2.24) is 9.97 Å². The Labute approximate surface area is 170 Å². The number of methoxy groups -OCH3 is 1. The minimum Gasteiger partial charge on any atom is -0.495 e. The number of nitrogens with two attached hydrogens (primary N) is 2. The summed E-state index contributed by atoms with van der Waals surface area (Å²) >= 11 is 0. The van der Waals surface area contributed by atoms with Gasteiger partial charge in [0.2, 0.25) is 0 Å². The number of aliphatic hydroxyl groups is 1. The average molecular weight is 394 g/mol. The van der Waals surface area contributed by atoms with Gasteiger partial charge in [-0.2, -0.15) is 0 Å². The molecule has 152 valence electrons. The quantitative estimate of drug-likeness (QED) is 0.307. The number of benzene rings is 1. The molecule has 0 atom stereocenters. The Morgan fingerprint density at radius 2 is 2.03 bits per heavy atom. The molecule has 1 heterocycles. The van der Waals surface area contributed by atoms with Gasteiger partial charge in [0.1, 0.15) is 23.4 Å². The fraction of sp³-hybridized carbons (Fsp3) is 0.190. The largest absolute Gasteiger partial charge is 0.495 e. The van der Waals surface area contributed by atoms with E-state index in [2.05, 4.69) is 26.9 Å². The Bertz CT molecular complexity index is 1020. The molecule has 0 aliphatic rings. The minimum atomic E-state index is -0.332. The summed E-state index contributed by atoms with van der Waals surface area (Å²) in [6.07, 6.45) is 8.08. The first-order valence-electron chi connectivity index (χ1n) is 8.83. The monoisotopic (exact) mass is 394 g/mol. The van der Waals surface area contributed by atoms with Crippen LogP contribution in [-0.2, 0) is 0 Å². The van der Waals surface area contributed by atoms with Crippen LogP contribution in [0.15, 0.2) is 65.8 Å². The molecule has 8 nitrogen and oxygen atoms in total. The molecule has 6 N–H and O–H groups in total. The lowest BCUT2D eigenvalue weighted by Crippen LogP contribution is -2.07. The lowest BCUT2D eigenvalue weighted by Gasteiger charge is -2.13. The SMILES string of the molecule is C=C(/C=C\C(C)=NC)CNc1ncnc2c(OC)cc(/C(N)=C/C=C(\N)O)cc12. The third-order valence-electron chi connectivity index (χ3n) is 4.09. The number of aliphatic hydroxyl groups excluding tert-OH is 1. The molecule has 0 unspecified atom stereocenters. The highest BCUT2D eigenvalue weighted by Crippen LogP contribution is 2.31. The Kier molecular flexibility index (Phi) is 7.36. The first-order valence-corrected chi connectivity index (χ1v) is 8.83. The van der Waals surface area contributed by atoms with Crippen LogP contribution in [0.25, 0.3) is 16.6 Å². The van der Waals surface area contributed by atoms with Crippen LogP contribution in [0.1, 0.15) is 12.5 Å². The molecule has 1 aromatic carbocycles. The molecule has 0 fully saturated rings. The molecule has 29 heavy (non-hydrogen) atoms. The van der Waals surface area contributed by atoms with Gasteiger partial charge in [0.15, 0.2) is 5.88 Å². The van der Waals surface area contributed by atoms with Crippen molar-refractivity contribution in [2.24, 2.45) is 16.5 Å². The topological polar surface area (TPSA) is 132 Å². The van der Waals surface area contributed by atoms with Crippen molar-refractivity contribution in [3.63, 3.8) is 0 Å². The van der Waals surface area contributed by atoms with E-state index in [9.17, 15) is 0 Å². The second kappa shape index (κ2) is 9.93. The van der Waals surface area contributed by atoms with Crippen molar-refractivity contribution < 1.29 is 9.84 Å². The zero-order valence-corrected chi connectivity index (χ0v) is 16.8. The van der Waals surface area contributed by atoms with E-state index in [0.29, 0.717) is 34.9 Å². The lowest BCUT2D eigenvalue weighted by atomic mass is 10.1. The first-order chi connectivity index (χ1) is 13.8. The van der Waals surface area contributed by atoms with Crippen LogP contribution in [-0.4, -0.2) is 41.5 Å². The van der Waals surface area contributed by atoms with Gasteiger partial charge in [-0.15, -0.1) is 0 Å². The highest BCUT2D eigenvalue weighted by Gasteiger charge is 2.12. The summed E-state index contributed by atoms with van der Waals surface area (Å²) in [6, 6.07) is 3.61. The zero-order chi connectivity index (χ0) is 21.4. The maximum atomic E-state index is 9.14. The number of anilines is 1. The molecule has 0 amide bonds. The predicted molar refractivity (Wildman–Crippen MR) is 119 cm³/mol. The summed E-state index contributed by atoms with van der Waals surface area (Å²) in [6.45, 7) is 6.44. The van der Waals surface area contributed by atoms with Gasteiger partial charge in [-0.1, -0.05) is 12.7 Å². The van der Waals surface area contributed by atoms with Crippen LogP contribution in [0.4, 0.5) is 5.82 Å². The second-order valence-electron chi connectivity index (χ2n) is 6.22. The number of aromatic nitrogens is 2. The molecule has 2 rings (SSSR count). The maximum Gasteiger partial charge on any atom is 0.181 e. The molecule has 0 saturated heterocycles. The molecule has 0 spiro atoms. The van der Waals surface area contributed by atoms with Gasteiger partial charge in [0.05, 0.1) is 7.11 Å². The first kappa shape index (κ1) is 21.5. The highest BCUT2D eigenvalue weighted by atomic mass is 16.5. The van der Waals surface area contributed by atoms with E-state index in [1.165, 1.54) is 18.5 Å². The van der Waals surface area contributed by atoms with Crippen LogP contribution in [0.3, 0.4) is 0 Å². The van der Waals surface area contributed by atoms with Gasteiger partial charge in [-0.25, -0.2) is 9.97 Å². The summed E-state index contributed by atoms with van der Waals surface area (Å²) < 4.78 is 5.47. The third-order valence-corrected chi connectivity index (χ3v) is 4.09. The maximum absolute atomic E-state index is 9.14. The van der Waals surface area contributed by atoms with Crippen LogP contribution in [0.5, 0.6) is 5.75 Å². The molecule has 0 saturated carbocycles. The molecule has 1 aromatic heterocycles. The van der Waals surface area contributed by atoms with Crippen molar-refractivity contribution in [2.45, 2.75) is 6.92 Å². The number of hydrogen-bond acceptors (Lipinski definition) is 8. The van der Waals surface area contributed by atoms with Crippen molar-refractivity contribution >= 4 is 28.1 Å².